The largest absolute Gasteiger partial charge is 0.323 e. The second-order valence-electron chi connectivity index (χ2n) is 5.15. The minimum Gasteiger partial charge on any atom is -0.323 e. The molecule has 0 bridgehead atoms. The molecule has 7 heteroatoms. The van der Waals surface area contributed by atoms with Crippen LogP contribution in [0.3, 0.4) is 0 Å². The Morgan fingerprint density at radius 2 is 2.13 bits per heavy atom. The highest BCUT2D eigenvalue weighted by Crippen LogP contribution is 2.23. The maximum absolute atomic E-state index is 4.80. The predicted octanol–water partition coefficient (Wildman–Crippen LogP) is 4.03. The molecular formula is C16H14BrN5S. The van der Waals surface area contributed by atoms with Crippen LogP contribution < -0.4 is 0 Å². The number of nitrogens with zero attached hydrogens (tertiary/aromatic N) is 5. The molecule has 5 nitrogen and oxygen atoms in total. The Labute approximate surface area is 145 Å². The Hall–Kier alpha value is -1.99. The third kappa shape index (κ3) is 2.60. The third-order valence-corrected chi connectivity index (χ3v) is 5.00. The normalized spacial score (nSPS) is 11.4. The number of hydrogen-bond acceptors (Lipinski definition) is 4. The number of rotatable bonds is 4. The SMILES string of the molecule is CCc1c(Cn2ccnc2-c2nccs2)nc2ccc(Br)cn12. The Bertz CT molecular complexity index is 954. The molecule has 0 N–H and O–H groups in total. The van der Waals surface area contributed by atoms with Crippen molar-refractivity contribution < 1.29 is 0 Å². The van der Waals surface area contributed by atoms with Crippen molar-refractivity contribution in [1.29, 1.82) is 0 Å². The summed E-state index contributed by atoms with van der Waals surface area (Å²) in [4.78, 5) is 13.6. The van der Waals surface area contributed by atoms with Crippen LogP contribution in [0.2, 0.25) is 0 Å². The van der Waals surface area contributed by atoms with Gasteiger partial charge >= 0.3 is 0 Å². The maximum atomic E-state index is 4.80. The van der Waals surface area contributed by atoms with E-state index in [1.54, 1.807) is 17.5 Å². The van der Waals surface area contributed by atoms with Gasteiger partial charge in [0.1, 0.15) is 5.65 Å². The summed E-state index contributed by atoms with van der Waals surface area (Å²) in [5, 5.41) is 2.90. The second-order valence-corrected chi connectivity index (χ2v) is 6.96. The van der Waals surface area contributed by atoms with Crippen molar-refractivity contribution >= 4 is 32.9 Å². The molecule has 0 spiro atoms. The lowest BCUT2D eigenvalue weighted by atomic mass is 10.2. The molecule has 0 aliphatic rings. The van der Waals surface area contributed by atoms with E-state index in [2.05, 4.69) is 48.0 Å². The zero-order valence-electron chi connectivity index (χ0n) is 12.5. The first kappa shape index (κ1) is 14.6. The fraction of sp³-hybridized carbons (Fsp3) is 0.188. The van der Waals surface area contributed by atoms with Crippen LogP contribution in [0.25, 0.3) is 16.5 Å². The van der Waals surface area contributed by atoms with Crippen molar-refractivity contribution in [1.82, 2.24) is 23.9 Å². The maximum Gasteiger partial charge on any atom is 0.169 e. The van der Waals surface area contributed by atoms with Gasteiger partial charge in [-0.05, 0) is 34.5 Å². The van der Waals surface area contributed by atoms with Gasteiger partial charge in [0.2, 0.25) is 0 Å². The van der Waals surface area contributed by atoms with E-state index in [1.165, 1.54) is 5.69 Å². The van der Waals surface area contributed by atoms with Crippen molar-refractivity contribution in [3.05, 3.63) is 58.2 Å². The zero-order valence-corrected chi connectivity index (χ0v) is 14.9. The van der Waals surface area contributed by atoms with Crippen molar-refractivity contribution in [3.63, 3.8) is 0 Å². The van der Waals surface area contributed by atoms with Gasteiger partial charge in [0.05, 0.1) is 12.2 Å². The van der Waals surface area contributed by atoms with Gasteiger partial charge in [-0.2, -0.15) is 0 Å². The van der Waals surface area contributed by atoms with Gasteiger partial charge in [0.15, 0.2) is 10.8 Å². The highest BCUT2D eigenvalue weighted by molar-refractivity contribution is 9.10. The summed E-state index contributed by atoms with van der Waals surface area (Å²) < 4.78 is 5.31. The molecule has 4 aromatic heterocycles. The van der Waals surface area contributed by atoms with E-state index in [-0.39, 0.29) is 0 Å². The highest BCUT2D eigenvalue weighted by Gasteiger charge is 2.14. The smallest absolute Gasteiger partial charge is 0.169 e. The molecule has 0 aromatic carbocycles. The Balaban J connectivity index is 1.78. The number of aryl methyl sites for hydroxylation is 1. The number of fused-ring (bicyclic) bond motifs is 1. The van der Waals surface area contributed by atoms with E-state index in [4.69, 9.17) is 4.98 Å². The molecule has 0 saturated carbocycles. The van der Waals surface area contributed by atoms with Gasteiger partial charge in [0.25, 0.3) is 0 Å². The molecule has 0 aliphatic carbocycles. The summed E-state index contributed by atoms with van der Waals surface area (Å²) in [7, 11) is 0. The Kier molecular flexibility index (Phi) is 3.74. The average Bonchev–Trinajstić information content (AvgIpc) is 3.25. The number of thiazole rings is 1. The Morgan fingerprint density at radius 3 is 2.91 bits per heavy atom. The zero-order chi connectivity index (χ0) is 15.8. The van der Waals surface area contributed by atoms with E-state index in [0.29, 0.717) is 6.54 Å². The molecule has 4 aromatic rings. The van der Waals surface area contributed by atoms with Gasteiger partial charge in [-0.25, -0.2) is 15.0 Å². The fourth-order valence-corrected chi connectivity index (χ4v) is 3.73. The molecular weight excluding hydrogens is 374 g/mol. The molecule has 0 saturated heterocycles. The lowest BCUT2D eigenvalue weighted by Crippen LogP contribution is -2.04. The van der Waals surface area contributed by atoms with Crippen molar-refractivity contribution in [2.24, 2.45) is 0 Å². The second kappa shape index (κ2) is 5.90. The number of imidazole rings is 2. The molecule has 4 rings (SSSR count). The van der Waals surface area contributed by atoms with Crippen LogP contribution in [0.15, 0.2) is 46.8 Å². The Morgan fingerprint density at radius 1 is 1.22 bits per heavy atom. The number of hydrogen-bond donors (Lipinski definition) is 0. The standard InChI is InChI=1S/C16H14BrN5S/c1-2-13-12(20-14-4-3-11(17)9-22(13)14)10-21-7-5-18-15(21)16-19-6-8-23-16/h3-9H,2,10H2,1H3. The molecule has 0 atom stereocenters. The van der Waals surface area contributed by atoms with E-state index in [1.807, 2.05) is 29.9 Å². The van der Waals surface area contributed by atoms with Gasteiger partial charge in [-0.3, -0.25) is 0 Å². The van der Waals surface area contributed by atoms with Crippen LogP contribution in [0.1, 0.15) is 18.3 Å². The summed E-state index contributed by atoms with van der Waals surface area (Å²) in [6, 6.07) is 4.05. The van der Waals surface area contributed by atoms with Crippen LogP contribution in [0.5, 0.6) is 0 Å². The molecule has 23 heavy (non-hydrogen) atoms. The van der Waals surface area contributed by atoms with Crippen LogP contribution in [-0.4, -0.2) is 23.9 Å². The quantitative estimate of drug-likeness (QED) is 0.531. The fourth-order valence-electron chi connectivity index (χ4n) is 2.75. The minimum absolute atomic E-state index is 0.692. The first-order valence-electron chi connectivity index (χ1n) is 7.32. The van der Waals surface area contributed by atoms with Crippen LogP contribution in [0.4, 0.5) is 0 Å². The topological polar surface area (TPSA) is 48.0 Å². The summed E-state index contributed by atoms with van der Waals surface area (Å²) in [5.74, 6) is 0.889. The highest BCUT2D eigenvalue weighted by atomic mass is 79.9. The van der Waals surface area contributed by atoms with E-state index < -0.39 is 0 Å². The lowest BCUT2D eigenvalue weighted by Gasteiger charge is -2.06. The van der Waals surface area contributed by atoms with Crippen molar-refractivity contribution in [2.45, 2.75) is 19.9 Å². The first-order valence-corrected chi connectivity index (χ1v) is 9.00. The minimum atomic E-state index is 0.692. The van der Waals surface area contributed by atoms with Gasteiger partial charge in [0, 0.05) is 40.3 Å². The van der Waals surface area contributed by atoms with Gasteiger partial charge in [-0.1, -0.05) is 6.92 Å². The predicted molar refractivity (Wildman–Crippen MR) is 94.7 cm³/mol. The van der Waals surface area contributed by atoms with Crippen molar-refractivity contribution in [2.75, 3.05) is 0 Å². The first-order chi connectivity index (χ1) is 11.3. The molecule has 0 amide bonds. The lowest BCUT2D eigenvalue weighted by molar-refractivity contribution is 0.771. The van der Waals surface area contributed by atoms with Crippen LogP contribution >= 0.6 is 27.3 Å². The van der Waals surface area contributed by atoms with Crippen molar-refractivity contribution in [3.8, 4) is 10.8 Å². The summed E-state index contributed by atoms with van der Waals surface area (Å²) in [6.45, 7) is 2.85. The third-order valence-electron chi connectivity index (χ3n) is 3.76. The van der Waals surface area contributed by atoms with Crippen LogP contribution in [-0.2, 0) is 13.0 Å². The average molecular weight is 388 g/mol. The number of pyridine rings is 1. The molecule has 4 heterocycles. The van der Waals surface area contributed by atoms with Crippen LogP contribution in [0, 0.1) is 0 Å². The van der Waals surface area contributed by atoms with E-state index in [9.17, 15) is 0 Å². The summed E-state index contributed by atoms with van der Waals surface area (Å²) in [5.41, 5.74) is 3.26. The monoisotopic (exact) mass is 387 g/mol. The molecule has 0 fully saturated rings. The molecule has 0 aliphatic heterocycles. The number of aromatic nitrogens is 5. The molecule has 116 valence electrons. The summed E-state index contributed by atoms with van der Waals surface area (Å²) >= 11 is 5.13. The van der Waals surface area contributed by atoms with E-state index >= 15 is 0 Å². The number of halogens is 1. The van der Waals surface area contributed by atoms with Gasteiger partial charge < -0.3 is 8.97 Å². The molecule has 0 radical (unpaired) electrons. The van der Waals surface area contributed by atoms with E-state index in [0.717, 1.165) is 33.1 Å². The molecule has 0 unspecified atom stereocenters. The summed E-state index contributed by atoms with van der Waals surface area (Å²) in [6.07, 6.45) is 8.60. The van der Waals surface area contributed by atoms with Gasteiger partial charge in [-0.15, -0.1) is 11.3 Å².